The number of benzene rings is 2. The van der Waals surface area contributed by atoms with Gasteiger partial charge in [-0.2, -0.15) is 0 Å². The van der Waals surface area contributed by atoms with Crippen LogP contribution in [0.15, 0.2) is 48.5 Å². The molecule has 0 unspecified atom stereocenters. The monoisotopic (exact) mass is 438 g/mol. The molecule has 168 valence electrons. The van der Waals surface area contributed by atoms with Crippen LogP contribution < -0.4 is 10.8 Å². The first kappa shape index (κ1) is 21.8. The molecule has 0 saturated heterocycles. The largest absolute Gasteiger partial charge is 0.479 e. The highest BCUT2D eigenvalue weighted by molar-refractivity contribution is 5.79. The zero-order chi connectivity index (χ0) is 22.5. The van der Waals surface area contributed by atoms with Gasteiger partial charge in [0.25, 0.3) is 0 Å². The topological polar surface area (TPSA) is 114 Å². The van der Waals surface area contributed by atoms with Gasteiger partial charge in [0, 0.05) is 17.9 Å². The normalized spacial score (nSPS) is 19.5. The van der Waals surface area contributed by atoms with E-state index in [1.54, 1.807) is 0 Å². The maximum absolute atomic E-state index is 12.5. The number of alkyl carbamates (subject to hydrolysis) is 1. The van der Waals surface area contributed by atoms with E-state index < -0.39 is 18.7 Å². The molecule has 1 saturated carbocycles. The Balaban J connectivity index is 1.30. The van der Waals surface area contributed by atoms with Crippen molar-refractivity contribution < 1.29 is 29.1 Å². The van der Waals surface area contributed by atoms with Gasteiger partial charge in [-0.15, -0.1) is 0 Å². The van der Waals surface area contributed by atoms with Gasteiger partial charge in [-0.3, -0.25) is 9.63 Å². The fourth-order valence-corrected chi connectivity index (χ4v) is 4.62. The van der Waals surface area contributed by atoms with Crippen LogP contribution in [0.4, 0.5) is 4.79 Å². The van der Waals surface area contributed by atoms with Gasteiger partial charge in [0.1, 0.15) is 6.61 Å². The highest BCUT2D eigenvalue weighted by atomic mass is 16.7. The lowest BCUT2D eigenvalue weighted by Gasteiger charge is -2.28. The molecular formula is C24H26N2O6. The van der Waals surface area contributed by atoms with Crippen LogP contribution >= 0.6 is 0 Å². The maximum Gasteiger partial charge on any atom is 0.407 e. The van der Waals surface area contributed by atoms with Crippen molar-refractivity contribution in [3.8, 4) is 11.1 Å². The Bertz CT molecular complexity index is 962. The van der Waals surface area contributed by atoms with Crippen molar-refractivity contribution in [3.63, 3.8) is 0 Å². The van der Waals surface area contributed by atoms with Crippen molar-refractivity contribution in [3.05, 3.63) is 59.7 Å². The Morgan fingerprint density at radius 1 is 0.969 bits per heavy atom. The zero-order valence-corrected chi connectivity index (χ0v) is 17.6. The molecule has 0 aliphatic heterocycles. The third-order valence-electron chi connectivity index (χ3n) is 6.08. The van der Waals surface area contributed by atoms with Crippen LogP contribution in [0.2, 0.25) is 0 Å². The first-order valence-electron chi connectivity index (χ1n) is 10.8. The van der Waals surface area contributed by atoms with Gasteiger partial charge < -0.3 is 15.2 Å². The van der Waals surface area contributed by atoms with Crippen LogP contribution in [0.1, 0.15) is 42.7 Å². The molecule has 0 radical (unpaired) electrons. The first-order valence-corrected chi connectivity index (χ1v) is 10.8. The molecule has 2 aromatic rings. The average Bonchev–Trinajstić information content (AvgIpc) is 3.11. The van der Waals surface area contributed by atoms with Crippen LogP contribution in [-0.2, 0) is 19.2 Å². The number of nitrogens with one attached hydrogen (secondary N) is 2. The molecule has 2 amide bonds. The lowest BCUT2D eigenvalue weighted by molar-refractivity contribution is -0.151. The first-order chi connectivity index (χ1) is 15.5. The SMILES string of the molecule is O=C(O)CONC(=O)[C@@H]1CCC[C@H](NC(=O)OCC2c3ccccc3-c3ccccc32)C1. The fourth-order valence-electron chi connectivity index (χ4n) is 4.62. The molecule has 0 aromatic heterocycles. The second-order valence-corrected chi connectivity index (χ2v) is 8.18. The number of carboxylic acids is 1. The van der Waals surface area contributed by atoms with Crippen molar-refractivity contribution in [2.75, 3.05) is 13.2 Å². The number of hydroxylamine groups is 1. The third kappa shape index (κ3) is 4.91. The predicted octanol–water partition coefficient (Wildman–Crippen LogP) is 3.22. The Morgan fingerprint density at radius 2 is 1.62 bits per heavy atom. The van der Waals surface area contributed by atoms with Gasteiger partial charge in [0.2, 0.25) is 5.91 Å². The van der Waals surface area contributed by atoms with Gasteiger partial charge in [0.15, 0.2) is 6.61 Å². The second-order valence-electron chi connectivity index (χ2n) is 8.18. The summed E-state index contributed by atoms with van der Waals surface area (Å²) in [6.45, 7) is -0.362. The second kappa shape index (κ2) is 9.82. The number of fused-ring (bicyclic) bond motifs is 3. The third-order valence-corrected chi connectivity index (χ3v) is 6.08. The summed E-state index contributed by atoms with van der Waals surface area (Å²) in [6.07, 6.45) is 2.13. The summed E-state index contributed by atoms with van der Waals surface area (Å²) in [5.41, 5.74) is 6.81. The molecule has 0 bridgehead atoms. The number of aliphatic carboxylic acids is 1. The van der Waals surface area contributed by atoms with E-state index in [2.05, 4.69) is 39.9 Å². The maximum atomic E-state index is 12.5. The number of amides is 2. The molecule has 4 rings (SSSR count). The van der Waals surface area contributed by atoms with Crippen molar-refractivity contribution in [1.29, 1.82) is 0 Å². The molecule has 3 N–H and O–H groups in total. The minimum absolute atomic E-state index is 0.00980. The van der Waals surface area contributed by atoms with E-state index in [9.17, 15) is 14.4 Å². The van der Waals surface area contributed by atoms with Gasteiger partial charge in [-0.25, -0.2) is 15.1 Å². The number of hydrogen-bond donors (Lipinski definition) is 3. The molecule has 2 atom stereocenters. The highest BCUT2D eigenvalue weighted by Gasteiger charge is 2.31. The minimum atomic E-state index is -1.16. The fraction of sp³-hybridized carbons (Fsp3) is 0.375. The van der Waals surface area contributed by atoms with E-state index in [0.717, 1.165) is 24.0 Å². The van der Waals surface area contributed by atoms with Gasteiger partial charge in [-0.1, -0.05) is 55.0 Å². The predicted molar refractivity (Wildman–Crippen MR) is 116 cm³/mol. The number of rotatable bonds is 7. The molecule has 32 heavy (non-hydrogen) atoms. The summed E-state index contributed by atoms with van der Waals surface area (Å²) < 4.78 is 5.59. The van der Waals surface area contributed by atoms with Crippen LogP contribution in [-0.4, -0.2) is 42.3 Å². The van der Waals surface area contributed by atoms with Crippen molar-refractivity contribution in [2.45, 2.75) is 37.6 Å². The summed E-state index contributed by atoms with van der Waals surface area (Å²) in [6, 6.07) is 16.1. The quantitative estimate of drug-likeness (QED) is 0.572. The standard InChI is InChI=1S/C24H26N2O6/c27-22(28)14-32-26-23(29)15-6-5-7-16(12-15)25-24(30)31-13-21-19-10-3-1-8-17(19)18-9-2-4-11-20(18)21/h1-4,8-11,15-16,21H,5-7,12-14H2,(H,25,30)(H,26,29)(H,27,28)/t15-,16+/m1/s1. The van der Waals surface area contributed by atoms with E-state index in [1.807, 2.05) is 24.3 Å². The Labute approximate surface area is 185 Å². The van der Waals surface area contributed by atoms with Crippen molar-refractivity contribution in [1.82, 2.24) is 10.8 Å². The molecule has 0 spiro atoms. The molecule has 0 heterocycles. The van der Waals surface area contributed by atoms with E-state index in [0.29, 0.717) is 12.8 Å². The Hall–Kier alpha value is -3.39. The molecule has 8 heteroatoms. The lowest BCUT2D eigenvalue weighted by atomic mass is 9.85. The van der Waals surface area contributed by atoms with Crippen LogP contribution in [0.25, 0.3) is 11.1 Å². The lowest BCUT2D eigenvalue weighted by Crippen LogP contribution is -2.43. The number of carbonyl (C=O) groups excluding carboxylic acids is 2. The molecule has 1 fully saturated rings. The molecule has 2 aliphatic rings. The molecule has 2 aliphatic carbocycles. The average molecular weight is 438 g/mol. The summed E-state index contributed by atoms with van der Waals surface area (Å²) >= 11 is 0. The number of ether oxygens (including phenoxy) is 1. The van der Waals surface area contributed by atoms with Crippen LogP contribution in [0.5, 0.6) is 0 Å². The zero-order valence-electron chi connectivity index (χ0n) is 17.6. The van der Waals surface area contributed by atoms with E-state index in [-0.39, 0.29) is 30.4 Å². The minimum Gasteiger partial charge on any atom is -0.479 e. The highest BCUT2D eigenvalue weighted by Crippen LogP contribution is 2.44. The van der Waals surface area contributed by atoms with Gasteiger partial charge in [-0.05, 0) is 41.5 Å². The summed E-state index contributed by atoms with van der Waals surface area (Å²) in [5, 5.41) is 11.5. The summed E-state index contributed by atoms with van der Waals surface area (Å²) in [4.78, 5) is 39.8. The van der Waals surface area contributed by atoms with E-state index in [4.69, 9.17) is 9.84 Å². The van der Waals surface area contributed by atoms with Crippen LogP contribution in [0, 0.1) is 5.92 Å². The molecule has 2 aromatic carbocycles. The van der Waals surface area contributed by atoms with E-state index >= 15 is 0 Å². The van der Waals surface area contributed by atoms with Gasteiger partial charge in [0.05, 0.1) is 0 Å². The number of hydrogen-bond acceptors (Lipinski definition) is 5. The Kier molecular flexibility index (Phi) is 6.70. The van der Waals surface area contributed by atoms with Crippen molar-refractivity contribution >= 4 is 18.0 Å². The van der Waals surface area contributed by atoms with E-state index in [1.165, 1.54) is 11.1 Å². The summed E-state index contributed by atoms with van der Waals surface area (Å²) in [7, 11) is 0. The number of carboxylic acid groups (broad SMARTS) is 1. The molecule has 8 nitrogen and oxygen atoms in total. The smallest absolute Gasteiger partial charge is 0.407 e. The van der Waals surface area contributed by atoms with Crippen LogP contribution in [0.3, 0.4) is 0 Å². The summed E-state index contributed by atoms with van der Waals surface area (Å²) in [5.74, 6) is -1.89. The van der Waals surface area contributed by atoms with Gasteiger partial charge >= 0.3 is 12.1 Å². The number of carbonyl (C=O) groups is 3. The Morgan fingerprint density at radius 3 is 2.28 bits per heavy atom. The van der Waals surface area contributed by atoms with Crippen molar-refractivity contribution in [2.24, 2.45) is 5.92 Å². The molecular weight excluding hydrogens is 412 g/mol.